The standard InChI is InChI=1S/C25H32FNO2/c1-13-7-6-8-17(14(13)2)22-20(26)12-19(15(3)28)24-23(22)18-10-9-16(25(4,5)29)11-21(18)27-24/h6-8,16,19-20,22,27,29H,9-12H2,1-5H3/t16-,19+,20+,22?/m0/s1. The van der Waals surface area contributed by atoms with Gasteiger partial charge >= 0.3 is 0 Å². The van der Waals surface area contributed by atoms with Gasteiger partial charge in [-0.05, 0) is 94.0 Å². The first-order chi connectivity index (χ1) is 13.6. The summed E-state index contributed by atoms with van der Waals surface area (Å²) < 4.78 is 15.6. The number of ketones is 1. The second-order valence-electron chi connectivity index (χ2n) is 9.68. The SMILES string of the molecule is CC(=O)[C@H]1C[C@@H](F)C(c2cccc(C)c2C)c2c1[nH]c1c2CC[C@H](C(C)(C)O)C1. The third-order valence-corrected chi connectivity index (χ3v) is 7.41. The second kappa shape index (κ2) is 7.09. The first kappa shape index (κ1) is 20.3. The van der Waals surface area contributed by atoms with Crippen molar-refractivity contribution in [2.45, 2.75) is 83.9 Å². The van der Waals surface area contributed by atoms with Gasteiger partial charge in [0.1, 0.15) is 12.0 Å². The van der Waals surface area contributed by atoms with Gasteiger partial charge in [0.25, 0.3) is 0 Å². The lowest BCUT2D eigenvalue weighted by Gasteiger charge is -2.35. The maximum atomic E-state index is 15.6. The number of alkyl halides is 1. The molecule has 2 aliphatic carbocycles. The summed E-state index contributed by atoms with van der Waals surface area (Å²) in [6, 6.07) is 6.11. The Bertz CT molecular complexity index is 952. The number of benzene rings is 1. The lowest BCUT2D eigenvalue weighted by molar-refractivity contribution is -0.119. The van der Waals surface area contributed by atoms with E-state index in [1.165, 1.54) is 5.56 Å². The quantitative estimate of drug-likeness (QED) is 0.761. The molecular weight excluding hydrogens is 365 g/mol. The number of Topliss-reactive ketones (excluding diaryl/α,β-unsaturated/α-hetero) is 1. The zero-order valence-electron chi connectivity index (χ0n) is 18.1. The zero-order chi connectivity index (χ0) is 21.1. The molecule has 4 atom stereocenters. The van der Waals surface area contributed by atoms with Crippen LogP contribution in [0.1, 0.15) is 84.7 Å². The molecule has 0 saturated carbocycles. The van der Waals surface area contributed by atoms with Crippen LogP contribution in [0.15, 0.2) is 18.2 Å². The summed E-state index contributed by atoms with van der Waals surface area (Å²) in [4.78, 5) is 15.9. The highest BCUT2D eigenvalue weighted by atomic mass is 19.1. The molecule has 0 amide bonds. The summed E-state index contributed by atoms with van der Waals surface area (Å²) in [6.45, 7) is 9.42. The third-order valence-electron chi connectivity index (χ3n) is 7.41. The number of aliphatic hydroxyl groups is 1. The summed E-state index contributed by atoms with van der Waals surface area (Å²) in [7, 11) is 0. The molecule has 2 N–H and O–H groups in total. The minimum absolute atomic E-state index is 0.0194. The van der Waals surface area contributed by atoms with E-state index in [4.69, 9.17) is 0 Å². The predicted octanol–water partition coefficient (Wildman–Crippen LogP) is 5.05. The van der Waals surface area contributed by atoms with E-state index in [2.05, 4.69) is 24.9 Å². The molecule has 1 heterocycles. The highest BCUT2D eigenvalue weighted by molar-refractivity contribution is 5.84. The van der Waals surface area contributed by atoms with E-state index < -0.39 is 17.7 Å². The average molecular weight is 398 g/mol. The molecule has 1 aromatic heterocycles. The molecule has 0 aliphatic heterocycles. The zero-order valence-corrected chi connectivity index (χ0v) is 18.1. The van der Waals surface area contributed by atoms with Crippen molar-refractivity contribution in [1.29, 1.82) is 0 Å². The number of carbonyl (C=O) groups is 1. The van der Waals surface area contributed by atoms with Crippen LogP contribution < -0.4 is 0 Å². The fourth-order valence-electron chi connectivity index (χ4n) is 5.48. The fraction of sp³-hybridized carbons (Fsp3) is 0.560. The molecule has 0 radical (unpaired) electrons. The lowest BCUT2D eigenvalue weighted by Crippen LogP contribution is -2.35. The molecule has 2 aliphatic rings. The van der Waals surface area contributed by atoms with Crippen molar-refractivity contribution < 1.29 is 14.3 Å². The van der Waals surface area contributed by atoms with Gasteiger partial charge in [-0.25, -0.2) is 4.39 Å². The molecule has 0 saturated heterocycles. The third kappa shape index (κ3) is 3.35. The van der Waals surface area contributed by atoms with Gasteiger partial charge in [-0.15, -0.1) is 0 Å². The van der Waals surface area contributed by atoms with E-state index in [0.29, 0.717) is 0 Å². The molecule has 29 heavy (non-hydrogen) atoms. The van der Waals surface area contributed by atoms with Crippen molar-refractivity contribution in [2.75, 3.05) is 0 Å². The maximum Gasteiger partial charge on any atom is 0.138 e. The van der Waals surface area contributed by atoms with Crippen molar-refractivity contribution >= 4 is 5.78 Å². The van der Waals surface area contributed by atoms with Gasteiger partial charge in [0.15, 0.2) is 0 Å². The normalized spacial score (nSPS) is 26.7. The van der Waals surface area contributed by atoms with Crippen LogP contribution in [0.5, 0.6) is 0 Å². The van der Waals surface area contributed by atoms with E-state index in [9.17, 15) is 9.90 Å². The van der Waals surface area contributed by atoms with Crippen LogP contribution in [0.25, 0.3) is 0 Å². The number of H-pyrrole nitrogens is 1. The molecular formula is C25H32FNO2. The molecule has 4 heteroatoms. The number of aromatic amines is 1. The van der Waals surface area contributed by atoms with Crippen molar-refractivity contribution in [1.82, 2.24) is 4.98 Å². The van der Waals surface area contributed by atoms with E-state index in [-0.39, 0.29) is 24.0 Å². The smallest absolute Gasteiger partial charge is 0.138 e. The summed E-state index contributed by atoms with van der Waals surface area (Å²) in [6.07, 6.45) is 1.59. The van der Waals surface area contributed by atoms with Crippen molar-refractivity contribution in [2.24, 2.45) is 5.92 Å². The van der Waals surface area contributed by atoms with Gasteiger partial charge in [0.05, 0.1) is 11.5 Å². The first-order valence-corrected chi connectivity index (χ1v) is 10.8. The molecule has 1 aromatic carbocycles. The number of hydrogen-bond donors (Lipinski definition) is 2. The fourth-order valence-corrected chi connectivity index (χ4v) is 5.48. The summed E-state index contributed by atoms with van der Waals surface area (Å²) in [5.41, 5.74) is 6.78. The van der Waals surface area contributed by atoms with Gasteiger partial charge in [-0.2, -0.15) is 0 Å². The Hall–Kier alpha value is -1.94. The van der Waals surface area contributed by atoms with Crippen LogP contribution >= 0.6 is 0 Å². The lowest BCUT2D eigenvalue weighted by atomic mass is 9.70. The number of nitrogens with one attached hydrogen (secondary N) is 1. The van der Waals surface area contributed by atoms with Crippen molar-refractivity contribution in [3.05, 3.63) is 57.4 Å². The highest BCUT2D eigenvalue weighted by Gasteiger charge is 2.44. The van der Waals surface area contributed by atoms with Gasteiger partial charge in [-0.1, -0.05) is 18.2 Å². The number of rotatable bonds is 3. The Morgan fingerprint density at radius 2 is 2.00 bits per heavy atom. The minimum Gasteiger partial charge on any atom is -0.390 e. The Morgan fingerprint density at radius 1 is 1.28 bits per heavy atom. The van der Waals surface area contributed by atoms with Gasteiger partial charge < -0.3 is 10.1 Å². The number of aromatic nitrogens is 1. The number of fused-ring (bicyclic) bond motifs is 3. The summed E-state index contributed by atoms with van der Waals surface area (Å²) in [5, 5.41) is 10.5. The average Bonchev–Trinajstić information content (AvgIpc) is 3.01. The van der Waals surface area contributed by atoms with E-state index in [1.54, 1.807) is 6.92 Å². The Balaban J connectivity index is 1.88. The van der Waals surface area contributed by atoms with Crippen LogP contribution in [0.3, 0.4) is 0 Å². The highest BCUT2D eigenvalue weighted by Crippen LogP contribution is 2.49. The molecule has 0 bridgehead atoms. The van der Waals surface area contributed by atoms with E-state index in [0.717, 1.165) is 52.9 Å². The Kier molecular flexibility index (Phi) is 4.97. The molecule has 4 rings (SSSR count). The second-order valence-corrected chi connectivity index (χ2v) is 9.68. The Labute approximate surface area is 172 Å². The van der Waals surface area contributed by atoms with Crippen molar-refractivity contribution in [3.63, 3.8) is 0 Å². The molecule has 3 nitrogen and oxygen atoms in total. The monoisotopic (exact) mass is 397 g/mol. The molecule has 2 aromatic rings. The number of halogens is 1. The van der Waals surface area contributed by atoms with Crippen molar-refractivity contribution in [3.8, 4) is 0 Å². The van der Waals surface area contributed by atoms with E-state index >= 15 is 4.39 Å². The van der Waals surface area contributed by atoms with Gasteiger partial charge in [0, 0.05) is 17.3 Å². The van der Waals surface area contributed by atoms with Crippen LogP contribution in [-0.4, -0.2) is 27.6 Å². The van der Waals surface area contributed by atoms with Crippen LogP contribution in [0.4, 0.5) is 4.39 Å². The van der Waals surface area contributed by atoms with Crippen LogP contribution in [-0.2, 0) is 17.6 Å². The number of aryl methyl sites for hydroxylation is 1. The maximum absolute atomic E-state index is 15.6. The number of hydrogen-bond acceptors (Lipinski definition) is 2. The summed E-state index contributed by atoms with van der Waals surface area (Å²) in [5.74, 6) is -0.566. The molecule has 0 fully saturated rings. The van der Waals surface area contributed by atoms with Gasteiger partial charge in [-0.3, -0.25) is 4.79 Å². The first-order valence-electron chi connectivity index (χ1n) is 10.8. The number of carbonyl (C=O) groups excluding carboxylic acids is 1. The molecule has 1 unspecified atom stereocenters. The largest absolute Gasteiger partial charge is 0.390 e. The Morgan fingerprint density at radius 3 is 2.66 bits per heavy atom. The van der Waals surface area contributed by atoms with Crippen LogP contribution in [0, 0.1) is 19.8 Å². The molecule has 0 spiro atoms. The summed E-state index contributed by atoms with van der Waals surface area (Å²) >= 11 is 0. The van der Waals surface area contributed by atoms with Gasteiger partial charge in [0.2, 0.25) is 0 Å². The minimum atomic E-state index is -1.08. The molecule has 156 valence electrons. The van der Waals surface area contributed by atoms with Crippen LogP contribution in [0.2, 0.25) is 0 Å². The topological polar surface area (TPSA) is 53.1 Å². The van der Waals surface area contributed by atoms with E-state index in [1.807, 2.05) is 26.0 Å². The predicted molar refractivity (Wildman–Crippen MR) is 113 cm³/mol.